The van der Waals surface area contributed by atoms with Gasteiger partial charge in [-0.3, -0.25) is 14.4 Å². The summed E-state index contributed by atoms with van der Waals surface area (Å²) in [6.07, 6.45) is 2.69. The molecule has 8 nitrogen and oxygen atoms in total. The lowest BCUT2D eigenvalue weighted by Gasteiger charge is -2.27. The number of primary amides is 1. The van der Waals surface area contributed by atoms with Crippen molar-refractivity contribution in [2.24, 2.45) is 11.1 Å². The summed E-state index contributed by atoms with van der Waals surface area (Å²) in [5.74, 6) is -0.252. The largest absolute Gasteiger partial charge is 0.455 e. The first-order valence-electron chi connectivity index (χ1n) is 9.57. The van der Waals surface area contributed by atoms with Crippen molar-refractivity contribution in [2.45, 2.75) is 33.6 Å². The fraction of sp³-hybridized carbons (Fsp3) is 0.273. The summed E-state index contributed by atoms with van der Waals surface area (Å²) >= 11 is 0. The van der Waals surface area contributed by atoms with Crippen LogP contribution in [0.2, 0.25) is 0 Å². The molecule has 0 saturated heterocycles. The average molecular weight is 406 g/mol. The average Bonchev–Trinajstić information content (AvgIpc) is 3.27. The van der Waals surface area contributed by atoms with Crippen LogP contribution in [0.3, 0.4) is 0 Å². The smallest absolute Gasteiger partial charge is 0.291 e. The molecule has 1 aromatic carbocycles. The van der Waals surface area contributed by atoms with Gasteiger partial charge in [0.25, 0.3) is 11.8 Å². The highest BCUT2D eigenvalue weighted by Gasteiger charge is 2.37. The second kappa shape index (κ2) is 6.98. The minimum atomic E-state index is -0.601. The number of ketones is 1. The van der Waals surface area contributed by atoms with Gasteiger partial charge in [0.15, 0.2) is 11.5 Å². The second-order valence-corrected chi connectivity index (χ2v) is 8.31. The number of rotatable bonds is 4. The van der Waals surface area contributed by atoms with E-state index in [1.54, 1.807) is 37.4 Å². The van der Waals surface area contributed by atoms with E-state index in [4.69, 9.17) is 10.2 Å². The van der Waals surface area contributed by atoms with E-state index in [1.165, 1.54) is 10.7 Å². The Labute approximate surface area is 173 Å². The lowest BCUT2D eigenvalue weighted by Crippen LogP contribution is -2.26. The Hall–Kier alpha value is -3.68. The maximum Gasteiger partial charge on any atom is 0.291 e. The number of fused-ring (bicyclic) bond motifs is 1. The molecule has 2 heterocycles. The SMILES string of the molecule is Cc1c(C(=O)Nc2ccc(-n3ccc(C(N)=O)n3)cc2)oc2c1C(=O)CC(C)(C)C2. The predicted molar refractivity (Wildman–Crippen MR) is 110 cm³/mol. The number of amides is 2. The molecule has 154 valence electrons. The zero-order chi connectivity index (χ0) is 21.6. The van der Waals surface area contributed by atoms with Gasteiger partial charge >= 0.3 is 0 Å². The molecule has 2 aromatic heterocycles. The first kappa shape index (κ1) is 19.6. The zero-order valence-corrected chi connectivity index (χ0v) is 17.0. The molecule has 0 aliphatic heterocycles. The van der Waals surface area contributed by atoms with E-state index in [2.05, 4.69) is 10.4 Å². The number of Topliss-reactive ketones (excluding diaryl/α,β-unsaturated/α-hetero) is 1. The summed E-state index contributed by atoms with van der Waals surface area (Å²) in [5.41, 5.74) is 7.59. The fourth-order valence-electron chi connectivity index (χ4n) is 3.78. The Bertz CT molecular complexity index is 1170. The molecule has 3 aromatic rings. The third-order valence-electron chi connectivity index (χ3n) is 5.21. The molecule has 0 saturated carbocycles. The van der Waals surface area contributed by atoms with E-state index in [1.807, 2.05) is 13.8 Å². The predicted octanol–water partition coefficient (Wildman–Crippen LogP) is 3.28. The number of carbonyl (C=O) groups excluding carboxylic acids is 3. The normalized spacial score (nSPS) is 15.0. The van der Waals surface area contributed by atoms with Crippen LogP contribution in [0.25, 0.3) is 5.69 Å². The molecule has 4 rings (SSSR count). The molecule has 0 unspecified atom stereocenters. The molecular formula is C22H22N4O4. The van der Waals surface area contributed by atoms with Crippen molar-refractivity contribution in [3.8, 4) is 5.69 Å². The standard InChI is InChI=1S/C22H22N4O4/c1-12-18-16(27)10-22(2,3)11-17(18)30-19(12)21(29)24-13-4-6-14(7-5-13)26-9-8-15(25-26)20(23)28/h4-9H,10-11H2,1-3H3,(H2,23,28)(H,24,29). The Morgan fingerprint density at radius 1 is 1.17 bits per heavy atom. The van der Waals surface area contributed by atoms with Gasteiger partial charge in [0.2, 0.25) is 0 Å². The van der Waals surface area contributed by atoms with Crippen molar-refractivity contribution in [1.82, 2.24) is 9.78 Å². The van der Waals surface area contributed by atoms with Crippen LogP contribution in [-0.2, 0) is 6.42 Å². The second-order valence-electron chi connectivity index (χ2n) is 8.31. The Balaban J connectivity index is 1.53. The molecule has 0 radical (unpaired) electrons. The number of anilines is 1. The molecule has 30 heavy (non-hydrogen) atoms. The van der Waals surface area contributed by atoms with Crippen LogP contribution < -0.4 is 11.1 Å². The number of nitrogens with one attached hydrogen (secondary N) is 1. The highest BCUT2D eigenvalue weighted by atomic mass is 16.4. The fourth-order valence-corrected chi connectivity index (χ4v) is 3.78. The highest BCUT2D eigenvalue weighted by Crippen LogP contribution is 2.38. The molecule has 0 fully saturated rings. The number of aromatic nitrogens is 2. The number of carbonyl (C=O) groups is 3. The number of nitrogens with zero attached hydrogens (tertiary/aromatic N) is 2. The summed E-state index contributed by atoms with van der Waals surface area (Å²) in [6.45, 7) is 5.77. The monoisotopic (exact) mass is 406 g/mol. The number of hydrogen-bond donors (Lipinski definition) is 2. The summed E-state index contributed by atoms with van der Waals surface area (Å²) in [6, 6.07) is 8.46. The molecule has 0 bridgehead atoms. The van der Waals surface area contributed by atoms with E-state index in [9.17, 15) is 14.4 Å². The van der Waals surface area contributed by atoms with Crippen LogP contribution in [0, 0.1) is 12.3 Å². The molecule has 3 N–H and O–H groups in total. The van der Waals surface area contributed by atoms with Crippen LogP contribution in [-0.4, -0.2) is 27.4 Å². The van der Waals surface area contributed by atoms with Crippen molar-refractivity contribution in [1.29, 1.82) is 0 Å². The zero-order valence-electron chi connectivity index (χ0n) is 17.0. The Morgan fingerprint density at radius 2 is 1.87 bits per heavy atom. The lowest BCUT2D eigenvalue weighted by atomic mass is 9.76. The lowest BCUT2D eigenvalue weighted by molar-refractivity contribution is 0.0898. The molecule has 0 spiro atoms. The van der Waals surface area contributed by atoms with Crippen molar-refractivity contribution < 1.29 is 18.8 Å². The minimum absolute atomic E-state index is 0.0143. The quantitative estimate of drug-likeness (QED) is 0.689. The molecule has 1 aliphatic carbocycles. The van der Waals surface area contributed by atoms with Crippen LogP contribution in [0.15, 0.2) is 40.9 Å². The van der Waals surface area contributed by atoms with E-state index in [-0.39, 0.29) is 22.7 Å². The summed E-state index contributed by atoms with van der Waals surface area (Å²) < 4.78 is 7.32. The number of furan rings is 1. The van der Waals surface area contributed by atoms with Crippen molar-refractivity contribution in [3.63, 3.8) is 0 Å². The third kappa shape index (κ3) is 3.52. The third-order valence-corrected chi connectivity index (χ3v) is 5.21. The van der Waals surface area contributed by atoms with Gasteiger partial charge in [-0.15, -0.1) is 0 Å². The molecule has 0 atom stereocenters. The number of nitrogens with two attached hydrogens (primary N) is 1. The minimum Gasteiger partial charge on any atom is -0.455 e. The molecule has 1 aliphatic rings. The van der Waals surface area contributed by atoms with Crippen molar-refractivity contribution in [2.75, 3.05) is 5.32 Å². The van der Waals surface area contributed by atoms with Crippen molar-refractivity contribution in [3.05, 3.63) is 64.9 Å². The van der Waals surface area contributed by atoms with E-state index in [0.29, 0.717) is 41.1 Å². The van der Waals surface area contributed by atoms with E-state index >= 15 is 0 Å². The Morgan fingerprint density at radius 3 is 2.50 bits per heavy atom. The topological polar surface area (TPSA) is 120 Å². The molecular weight excluding hydrogens is 384 g/mol. The van der Waals surface area contributed by atoms with Gasteiger partial charge in [-0.05, 0) is 42.7 Å². The van der Waals surface area contributed by atoms with Crippen LogP contribution in [0.4, 0.5) is 5.69 Å². The summed E-state index contributed by atoms with van der Waals surface area (Å²) in [4.78, 5) is 36.5. The first-order chi connectivity index (χ1) is 14.1. The van der Waals surface area contributed by atoms with Crippen LogP contribution in [0.5, 0.6) is 0 Å². The van der Waals surface area contributed by atoms with Crippen LogP contribution in [0.1, 0.15) is 63.0 Å². The van der Waals surface area contributed by atoms with Gasteiger partial charge in [-0.2, -0.15) is 5.10 Å². The maximum absolute atomic E-state index is 12.8. The van der Waals surface area contributed by atoms with Gasteiger partial charge in [-0.1, -0.05) is 13.8 Å². The van der Waals surface area contributed by atoms with Gasteiger partial charge in [0, 0.05) is 30.3 Å². The molecule has 2 amide bonds. The number of benzene rings is 1. The highest BCUT2D eigenvalue weighted by molar-refractivity contribution is 6.07. The maximum atomic E-state index is 12.8. The van der Waals surface area contributed by atoms with Gasteiger partial charge < -0.3 is 15.5 Å². The van der Waals surface area contributed by atoms with Gasteiger partial charge in [0.1, 0.15) is 11.5 Å². The molecule has 8 heteroatoms. The summed E-state index contributed by atoms with van der Waals surface area (Å²) in [5, 5.41) is 6.89. The van der Waals surface area contributed by atoms with Gasteiger partial charge in [-0.25, -0.2) is 4.68 Å². The van der Waals surface area contributed by atoms with E-state index < -0.39 is 11.8 Å². The van der Waals surface area contributed by atoms with Crippen LogP contribution >= 0.6 is 0 Å². The Kier molecular flexibility index (Phi) is 4.57. The van der Waals surface area contributed by atoms with Crippen molar-refractivity contribution >= 4 is 23.3 Å². The number of hydrogen-bond acceptors (Lipinski definition) is 5. The van der Waals surface area contributed by atoms with Gasteiger partial charge in [0.05, 0.1) is 11.3 Å². The van der Waals surface area contributed by atoms with E-state index in [0.717, 1.165) is 0 Å². The summed E-state index contributed by atoms with van der Waals surface area (Å²) in [7, 11) is 0. The first-order valence-corrected chi connectivity index (χ1v) is 9.57.